The summed E-state index contributed by atoms with van der Waals surface area (Å²) in [5.74, 6) is 0. The van der Waals surface area contributed by atoms with Crippen LogP contribution in [0.4, 0.5) is 0 Å². The summed E-state index contributed by atoms with van der Waals surface area (Å²) in [5.41, 5.74) is 4.86. The van der Waals surface area contributed by atoms with Crippen molar-refractivity contribution in [2.24, 2.45) is 0 Å². The molecule has 51 heavy (non-hydrogen) atoms. The van der Waals surface area contributed by atoms with Gasteiger partial charge in [-0.15, -0.1) is 11.6 Å². The summed E-state index contributed by atoms with van der Waals surface area (Å²) in [7, 11) is 0. The number of hydrogen-bond donors (Lipinski definition) is 1. The SMILES string of the molecule is ClC1CCCN(Cc2ccccc2)C1.O=CO[O-].[Cs+].[Cs+].[H-].c1ccc(CN2CCCC2Cn2ccc3cccnc32)cc1.c1cnc2[nH]ccc2c1. The van der Waals surface area contributed by atoms with Crippen LogP contribution in [0.15, 0.2) is 122 Å². The van der Waals surface area contributed by atoms with Crippen LogP contribution in [0.1, 0.15) is 38.2 Å². The molecule has 0 spiro atoms. The Morgan fingerprint density at radius 3 is 2.14 bits per heavy atom. The predicted molar refractivity (Wildman–Crippen MR) is 195 cm³/mol. The van der Waals surface area contributed by atoms with Gasteiger partial charge in [-0.05, 0) is 86.3 Å². The van der Waals surface area contributed by atoms with E-state index in [0.29, 0.717) is 11.4 Å². The van der Waals surface area contributed by atoms with E-state index in [0.717, 1.165) is 42.9 Å². The molecular weight excluding hydrogens is 902 g/mol. The van der Waals surface area contributed by atoms with Crippen LogP contribution in [-0.4, -0.2) is 66.8 Å². The molecular formula is C39H45ClCs2N6O3. The first kappa shape index (κ1) is 45.0. The second kappa shape index (κ2) is 25.6. The molecule has 0 saturated carbocycles. The summed E-state index contributed by atoms with van der Waals surface area (Å²) in [6, 6.07) is 34.3. The smallest absolute Gasteiger partial charge is 1.00 e. The van der Waals surface area contributed by atoms with Gasteiger partial charge in [-0.2, -0.15) is 0 Å². The third-order valence-corrected chi connectivity index (χ3v) is 9.07. The van der Waals surface area contributed by atoms with Gasteiger partial charge in [0.2, 0.25) is 0 Å². The van der Waals surface area contributed by atoms with Gasteiger partial charge in [0.05, 0.1) is 0 Å². The minimum atomic E-state index is -0.181. The number of nitrogens with zero attached hydrogens (tertiary/aromatic N) is 5. The molecule has 2 atom stereocenters. The van der Waals surface area contributed by atoms with Crippen LogP contribution in [-0.2, 0) is 29.3 Å². The number of alkyl halides is 1. The van der Waals surface area contributed by atoms with E-state index in [1.807, 2.05) is 36.7 Å². The van der Waals surface area contributed by atoms with Crippen LogP contribution in [0.5, 0.6) is 0 Å². The molecule has 0 radical (unpaired) electrons. The molecule has 1 N–H and O–H groups in total. The topological polar surface area (TPSA) is 102 Å². The fourth-order valence-corrected chi connectivity index (χ4v) is 6.74. The van der Waals surface area contributed by atoms with Gasteiger partial charge in [0.1, 0.15) is 11.3 Å². The van der Waals surface area contributed by atoms with Crippen LogP contribution < -0.4 is 143 Å². The van der Waals surface area contributed by atoms with Gasteiger partial charge in [0.25, 0.3) is 6.47 Å². The van der Waals surface area contributed by atoms with Crippen molar-refractivity contribution in [1.82, 2.24) is 29.3 Å². The molecule has 2 aliphatic rings. The average molecular weight is 947 g/mol. The van der Waals surface area contributed by atoms with Gasteiger partial charge in [0.15, 0.2) is 0 Å². The van der Waals surface area contributed by atoms with E-state index in [2.05, 4.69) is 113 Å². The van der Waals surface area contributed by atoms with E-state index in [9.17, 15) is 0 Å². The normalized spacial score (nSPS) is 16.9. The van der Waals surface area contributed by atoms with Crippen molar-refractivity contribution in [3.63, 3.8) is 0 Å². The number of carbonyl (C=O) groups is 1. The summed E-state index contributed by atoms with van der Waals surface area (Å²) in [6.07, 6.45) is 12.7. The van der Waals surface area contributed by atoms with Crippen molar-refractivity contribution in [2.75, 3.05) is 19.6 Å². The first-order chi connectivity index (χ1) is 24.1. The van der Waals surface area contributed by atoms with Crippen LogP contribution in [0.3, 0.4) is 0 Å². The largest absolute Gasteiger partial charge is 1.00 e. The summed E-state index contributed by atoms with van der Waals surface area (Å²) in [6.45, 7) is 6.39. The fraction of sp³-hybridized carbons (Fsp3) is 0.308. The summed E-state index contributed by atoms with van der Waals surface area (Å²) < 4.78 is 2.31. The maximum atomic E-state index is 8.64. The molecule has 6 heterocycles. The van der Waals surface area contributed by atoms with Crippen molar-refractivity contribution in [1.29, 1.82) is 0 Å². The Bertz CT molecular complexity index is 1790. The van der Waals surface area contributed by atoms with Gasteiger partial charge < -0.3 is 21.1 Å². The van der Waals surface area contributed by atoms with Gasteiger partial charge >= 0.3 is 138 Å². The van der Waals surface area contributed by atoms with Crippen molar-refractivity contribution in [3.8, 4) is 0 Å². The Morgan fingerprint density at radius 2 is 1.47 bits per heavy atom. The average Bonchev–Trinajstić information content (AvgIpc) is 3.91. The quantitative estimate of drug-likeness (QED) is 0.109. The standard InChI is InChI=1S/C19H21N3.C12H16ClN.C7H6N2.CH2O3.2Cs.H/c1-2-6-16(7-3-1)14-21-12-5-9-18(21)15-22-13-10-17-8-4-11-20-19(17)22;13-12-7-4-8-14(10-12)9-11-5-2-1-3-6-11;1-2-6-3-5-9-7(6)8-4-1;2-1-4-3;;;/h1-4,6-8,10-11,13,18H,5,9,12,14-15H2;1-3,5-6,12H,4,7-10H2;1-5H,(H,8,9);1,3H;;;/q;;;;2*+1;-1/p-1. The zero-order valence-corrected chi connectivity index (χ0v) is 43.0. The van der Waals surface area contributed by atoms with Crippen molar-refractivity contribution >= 4 is 40.1 Å². The third-order valence-electron chi connectivity index (χ3n) is 8.72. The van der Waals surface area contributed by atoms with Crippen LogP contribution in [0.25, 0.3) is 22.1 Å². The second-order valence-corrected chi connectivity index (χ2v) is 12.8. The van der Waals surface area contributed by atoms with E-state index in [1.54, 1.807) is 6.20 Å². The summed E-state index contributed by atoms with van der Waals surface area (Å²) >= 11 is 6.14. The number of benzene rings is 2. The number of nitrogens with one attached hydrogen (secondary N) is 1. The number of hydrogen-bond acceptors (Lipinski definition) is 7. The summed E-state index contributed by atoms with van der Waals surface area (Å²) in [5, 5.41) is 11.2. The molecule has 8 rings (SSSR count). The van der Waals surface area contributed by atoms with Crippen LogP contribution >= 0.6 is 11.6 Å². The first-order valence-corrected chi connectivity index (χ1v) is 17.2. The molecule has 0 amide bonds. The molecule has 2 unspecified atom stereocenters. The maximum Gasteiger partial charge on any atom is 1.00 e. The molecule has 6 aromatic rings. The third kappa shape index (κ3) is 15.3. The number of rotatable bonds is 7. The Balaban J connectivity index is 0.000000269. The minimum absolute atomic E-state index is 0. The molecule has 2 saturated heterocycles. The number of halogens is 1. The first-order valence-electron chi connectivity index (χ1n) is 16.8. The Kier molecular flexibility index (Phi) is 22.6. The number of carbonyl (C=O) groups excluding carboxylic acids is 1. The molecule has 0 bridgehead atoms. The zero-order valence-electron chi connectivity index (χ0n) is 30.7. The monoisotopic (exact) mass is 946 g/mol. The number of aromatic amines is 1. The Hall–Kier alpha value is -0.436. The molecule has 2 fully saturated rings. The Labute approximate surface area is 425 Å². The number of pyridine rings is 2. The van der Waals surface area contributed by atoms with E-state index < -0.39 is 0 Å². The van der Waals surface area contributed by atoms with E-state index >= 15 is 0 Å². The van der Waals surface area contributed by atoms with Gasteiger partial charge in [0, 0.05) is 73.2 Å². The molecule has 12 heteroatoms. The number of H-pyrrole nitrogens is 1. The van der Waals surface area contributed by atoms with Crippen LogP contribution in [0.2, 0.25) is 0 Å². The predicted octanol–water partition coefficient (Wildman–Crippen LogP) is 0.709. The second-order valence-electron chi connectivity index (χ2n) is 12.2. The van der Waals surface area contributed by atoms with Crippen LogP contribution in [0, 0.1) is 0 Å². The zero-order chi connectivity index (χ0) is 34.1. The van der Waals surface area contributed by atoms with E-state index in [-0.39, 0.29) is 146 Å². The molecule has 4 aromatic heterocycles. The van der Waals surface area contributed by atoms with Crippen molar-refractivity contribution < 1.29 is 154 Å². The minimum Gasteiger partial charge on any atom is -1.00 e. The van der Waals surface area contributed by atoms with Gasteiger partial charge in [-0.1, -0.05) is 60.7 Å². The molecule has 258 valence electrons. The molecule has 0 aliphatic carbocycles. The number of aromatic nitrogens is 4. The number of likely N-dealkylation sites (tertiary alicyclic amines) is 2. The van der Waals surface area contributed by atoms with Gasteiger partial charge in [-0.25, -0.2) is 9.97 Å². The molecule has 9 nitrogen and oxygen atoms in total. The van der Waals surface area contributed by atoms with Gasteiger partial charge in [-0.3, -0.25) is 14.6 Å². The van der Waals surface area contributed by atoms with E-state index in [1.165, 1.54) is 55.3 Å². The fourth-order valence-electron chi connectivity index (χ4n) is 6.39. The molecule has 2 aliphatic heterocycles. The van der Waals surface area contributed by atoms with Crippen molar-refractivity contribution in [3.05, 3.63) is 133 Å². The number of fused-ring (bicyclic) bond motifs is 2. The maximum absolute atomic E-state index is 8.64. The summed E-state index contributed by atoms with van der Waals surface area (Å²) in [4.78, 5) is 27.9. The number of piperidine rings is 1. The molecule has 2 aromatic carbocycles. The van der Waals surface area contributed by atoms with E-state index in [4.69, 9.17) is 21.7 Å². The Morgan fingerprint density at radius 1 is 0.824 bits per heavy atom. The van der Waals surface area contributed by atoms with Crippen molar-refractivity contribution in [2.45, 2.75) is 56.7 Å².